The summed E-state index contributed by atoms with van der Waals surface area (Å²) in [7, 11) is 0. The summed E-state index contributed by atoms with van der Waals surface area (Å²) >= 11 is 0. The average molecular weight is 264 g/mol. The van der Waals surface area contributed by atoms with Gasteiger partial charge < -0.3 is 15.3 Å². The third-order valence-corrected chi connectivity index (χ3v) is 3.22. The average Bonchev–Trinajstić information content (AvgIpc) is 2.66. The highest BCUT2D eigenvalue weighted by Gasteiger charge is 2.29. The fourth-order valence-electron chi connectivity index (χ4n) is 2.23. The Morgan fingerprint density at radius 2 is 2.11 bits per heavy atom. The molecule has 0 saturated carbocycles. The van der Waals surface area contributed by atoms with E-state index in [-0.39, 0.29) is 5.92 Å². The molecule has 6 heteroatoms. The molecule has 1 aromatic carbocycles. The molecule has 0 bridgehead atoms. The van der Waals surface area contributed by atoms with E-state index in [0.717, 1.165) is 0 Å². The van der Waals surface area contributed by atoms with Crippen LogP contribution in [0.25, 0.3) is 11.1 Å². The van der Waals surface area contributed by atoms with E-state index < -0.39 is 23.7 Å². The van der Waals surface area contributed by atoms with E-state index in [0.29, 0.717) is 16.7 Å². The van der Waals surface area contributed by atoms with Gasteiger partial charge >= 0.3 is 11.7 Å². The highest BCUT2D eigenvalue weighted by atomic mass is 16.4. The van der Waals surface area contributed by atoms with Gasteiger partial charge in [0.2, 0.25) is 0 Å². The van der Waals surface area contributed by atoms with E-state index in [1.54, 1.807) is 18.2 Å². The number of fused-ring (bicyclic) bond motifs is 1. The predicted octanol–water partition coefficient (Wildman–Crippen LogP) is 1.48. The molecule has 102 valence electrons. The van der Waals surface area contributed by atoms with Gasteiger partial charge in [0.15, 0.2) is 5.58 Å². The second kappa shape index (κ2) is 4.89. The van der Waals surface area contributed by atoms with Gasteiger partial charge in [-0.3, -0.25) is 9.78 Å². The summed E-state index contributed by atoms with van der Waals surface area (Å²) in [4.78, 5) is 24.9. The fraction of sp³-hybridized carbons (Fsp3) is 0.385. The maximum Gasteiger partial charge on any atom is 0.417 e. The summed E-state index contributed by atoms with van der Waals surface area (Å²) in [5, 5.41) is 9.23. The van der Waals surface area contributed by atoms with Crippen LogP contribution >= 0.6 is 0 Å². The molecule has 1 heterocycles. The van der Waals surface area contributed by atoms with E-state index in [9.17, 15) is 14.7 Å². The van der Waals surface area contributed by atoms with Crippen LogP contribution in [0, 0.1) is 11.8 Å². The van der Waals surface area contributed by atoms with E-state index in [1.165, 1.54) is 0 Å². The molecule has 2 atom stereocenters. The molecule has 19 heavy (non-hydrogen) atoms. The van der Waals surface area contributed by atoms with Crippen LogP contribution in [0.2, 0.25) is 0 Å². The normalized spacial score (nSPS) is 14.7. The Balaban J connectivity index is 2.42. The predicted molar refractivity (Wildman–Crippen MR) is 69.7 cm³/mol. The number of carboxylic acids is 1. The highest BCUT2D eigenvalue weighted by Crippen LogP contribution is 2.28. The van der Waals surface area contributed by atoms with Gasteiger partial charge in [0.05, 0.1) is 11.4 Å². The lowest BCUT2D eigenvalue weighted by molar-refractivity contribution is -0.144. The summed E-state index contributed by atoms with van der Waals surface area (Å²) in [6, 6.07) is 4.32. The fourth-order valence-corrected chi connectivity index (χ4v) is 2.23. The molecule has 2 unspecified atom stereocenters. The molecule has 0 aliphatic heterocycles. The number of aromatic amines is 1. The monoisotopic (exact) mass is 264 g/mol. The lowest BCUT2D eigenvalue weighted by Crippen LogP contribution is -2.32. The molecule has 4 N–H and O–H groups in total. The molecule has 2 aromatic rings. The topological polar surface area (TPSA) is 109 Å². The Kier molecular flexibility index (Phi) is 3.44. The Morgan fingerprint density at radius 3 is 2.68 bits per heavy atom. The minimum atomic E-state index is -0.932. The van der Waals surface area contributed by atoms with Crippen LogP contribution in [-0.2, 0) is 4.79 Å². The number of nitrogens with one attached hydrogen (secondary N) is 1. The lowest BCUT2D eigenvalue weighted by atomic mass is 9.85. The van der Waals surface area contributed by atoms with Crippen molar-refractivity contribution in [2.75, 3.05) is 0 Å². The van der Waals surface area contributed by atoms with Crippen molar-refractivity contribution < 1.29 is 14.3 Å². The number of nitrogens with two attached hydrogens (primary N) is 1. The van der Waals surface area contributed by atoms with Crippen LogP contribution in [0.5, 0.6) is 0 Å². The van der Waals surface area contributed by atoms with Gasteiger partial charge in [0.25, 0.3) is 0 Å². The zero-order valence-electron chi connectivity index (χ0n) is 10.7. The zero-order valence-corrected chi connectivity index (χ0v) is 10.7. The molecule has 2 rings (SSSR count). The van der Waals surface area contributed by atoms with Crippen molar-refractivity contribution in [2.24, 2.45) is 17.6 Å². The number of rotatable bonds is 4. The second-order valence-electron chi connectivity index (χ2n) is 4.90. The summed E-state index contributed by atoms with van der Waals surface area (Å²) in [6.07, 6.45) is 0. The van der Waals surface area contributed by atoms with Crippen molar-refractivity contribution in [3.05, 3.63) is 34.3 Å². The van der Waals surface area contributed by atoms with Crippen LogP contribution < -0.4 is 11.5 Å². The molecule has 0 saturated heterocycles. The third-order valence-electron chi connectivity index (χ3n) is 3.22. The largest absolute Gasteiger partial charge is 0.481 e. The van der Waals surface area contributed by atoms with E-state index >= 15 is 0 Å². The number of carboxylic acid groups (broad SMARTS) is 1. The van der Waals surface area contributed by atoms with Crippen molar-refractivity contribution in [3.8, 4) is 0 Å². The van der Waals surface area contributed by atoms with Crippen LogP contribution in [-0.4, -0.2) is 16.1 Å². The van der Waals surface area contributed by atoms with Crippen LogP contribution in [0.15, 0.2) is 27.4 Å². The molecule has 0 spiro atoms. The van der Waals surface area contributed by atoms with Crippen LogP contribution in [0.3, 0.4) is 0 Å². The zero-order chi connectivity index (χ0) is 14.2. The third kappa shape index (κ3) is 2.53. The summed E-state index contributed by atoms with van der Waals surface area (Å²) < 4.78 is 4.95. The van der Waals surface area contributed by atoms with Crippen molar-refractivity contribution in [3.63, 3.8) is 0 Å². The van der Waals surface area contributed by atoms with Crippen molar-refractivity contribution >= 4 is 17.1 Å². The number of aromatic nitrogens is 1. The maximum absolute atomic E-state index is 11.3. The first-order chi connectivity index (χ1) is 8.90. The van der Waals surface area contributed by atoms with Gasteiger partial charge in [-0.1, -0.05) is 19.9 Å². The minimum absolute atomic E-state index is 0.0959. The molecular weight excluding hydrogens is 248 g/mol. The molecule has 0 aliphatic rings. The molecule has 0 amide bonds. The quantitative estimate of drug-likeness (QED) is 0.774. The summed E-state index contributed by atoms with van der Waals surface area (Å²) in [6.45, 7) is 3.63. The lowest BCUT2D eigenvalue weighted by Gasteiger charge is -2.23. The maximum atomic E-state index is 11.3. The number of hydrogen-bond acceptors (Lipinski definition) is 4. The van der Waals surface area contributed by atoms with Gasteiger partial charge in [0, 0.05) is 6.04 Å². The molecule has 0 aliphatic carbocycles. The molecule has 0 fully saturated rings. The Morgan fingerprint density at radius 1 is 1.42 bits per heavy atom. The van der Waals surface area contributed by atoms with Gasteiger partial charge in [0.1, 0.15) is 0 Å². The van der Waals surface area contributed by atoms with E-state index in [2.05, 4.69) is 4.98 Å². The number of H-pyrrole nitrogens is 1. The molecular formula is C13H16N2O4. The van der Waals surface area contributed by atoms with Crippen molar-refractivity contribution in [1.82, 2.24) is 4.98 Å². The summed E-state index contributed by atoms with van der Waals surface area (Å²) in [5.41, 5.74) is 7.61. The van der Waals surface area contributed by atoms with Gasteiger partial charge in [-0.2, -0.15) is 0 Å². The first kappa shape index (κ1) is 13.4. The number of hydrogen-bond donors (Lipinski definition) is 3. The van der Waals surface area contributed by atoms with Crippen molar-refractivity contribution in [2.45, 2.75) is 19.9 Å². The Hall–Kier alpha value is -2.08. The SMILES string of the molecule is CC(C)C(C(=O)O)C(N)c1ccc2[nH]c(=O)oc2c1. The van der Waals surface area contributed by atoms with Crippen LogP contribution in [0.1, 0.15) is 25.5 Å². The number of carbonyl (C=O) groups is 1. The molecule has 1 aromatic heterocycles. The first-order valence-corrected chi connectivity index (χ1v) is 6.01. The highest BCUT2D eigenvalue weighted by molar-refractivity contribution is 5.75. The van der Waals surface area contributed by atoms with E-state index in [1.807, 2.05) is 13.8 Å². The van der Waals surface area contributed by atoms with Gasteiger partial charge in [-0.15, -0.1) is 0 Å². The molecule has 6 nitrogen and oxygen atoms in total. The smallest absolute Gasteiger partial charge is 0.417 e. The number of benzene rings is 1. The summed E-state index contributed by atoms with van der Waals surface area (Å²) in [5.74, 6) is -2.26. The van der Waals surface area contributed by atoms with Crippen molar-refractivity contribution in [1.29, 1.82) is 0 Å². The second-order valence-corrected chi connectivity index (χ2v) is 4.90. The molecule has 0 radical (unpaired) electrons. The first-order valence-electron chi connectivity index (χ1n) is 6.01. The van der Waals surface area contributed by atoms with Crippen LogP contribution in [0.4, 0.5) is 0 Å². The number of oxazole rings is 1. The Bertz CT molecular complexity index is 656. The van der Waals surface area contributed by atoms with E-state index in [4.69, 9.17) is 10.2 Å². The minimum Gasteiger partial charge on any atom is -0.481 e. The number of aliphatic carboxylic acids is 1. The van der Waals surface area contributed by atoms with Gasteiger partial charge in [-0.25, -0.2) is 4.79 Å². The van der Waals surface area contributed by atoms with Gasteiger partial charge in [-0.05, 0) is 23.6 Å². The standard InChI is InChI=1S/C13H16N2O4/c1-6(2)10(12(16)17)11(14)7-3-4-8-9(5-7)19-13(18)15-8/h3-6,10-11H,14H2,1-2H3,(H,15,18)(H,16,17). The Labute approximate surface area is 109 Å².